The average Bonchev–Trinajstić information content (AvgIpc) is 3.33. The van der Waals surface area contributed by atoms with Crippen LogP contribution in [0.3, 0.4) is 0 Å². The molecule has 2 aromatic heterocycles. The summed E-state index contributed by atoms with van der Waals surface area (Å²) in [6.45, 7) is 4.26. The number of morpholine rings is 1. The molecule has 1 fully saturated rings. The molecule has 10 nitrogen and oxygen atoms in total. The van der Waals surface area contributed by atoms with E-state index in [1.165, 1.54) is 12.1 Å². The van der Waals surface area contributed by atoms with Crippen LogP contribution in [0.25, 0.3) is 11.0 Å². The zero-order valence-corrected chi connectivity index (χ0v) is 19.8. The van der Waals surface area contributed by atoms with Crippen molar-refractivity contribution < 1.29 is 18.7 Å². The molecule has 1 aliphatic rings. The third-order valence-corrected chi connectivity index (χ3v) is 6.06. The first-order valence-corrected chi connectivity index (χ1v) is 11.4. The molecule has 1 saturated heterocycles. The van der Waals surface area contributed by atoms with E-state index in [2.05, 4.69) is 37.4 Å². The lowest BCUT2D eigenvalue weighted by molar-refractivity contribution is 0.0989. The molecule has 4 aromatic rings. The number of carbonyl (C=O) groups is 1. The normalized spacial score (nSPS) is 15.6. The number of hydrogen-bond acceptors (Lipinski definition) is 8. The van der Waals surface area contributed by atoms with Gasteiger partial charge in [-0.15, -0.1) is 0 Å². The van der Waals surface area contributed by atoms with Gasteiger partial charge in [-0.2, -0.15) is 9.97 Å². The summed E-state index contributed by atoms with van der Waals surface area (Å²) in [5, 5.41) is 6.90. The number of anilines is 5. The van der Waals surface area contributed by atoms with E-state index in [4.69, 9.17) is 15.2 Å². The summed E-state index contributed by atoms with van der Waals surface area (Å²) in [5.41, 5.74) is 7.61. The van der Waals surface area contributed by atoms with E-state index in [9.17, 15) is 9.18 Å². The highest BCUT2D eigenvalue weighted by atomic mass is 19.1. The van der Waals surface area contributed by atoms with Crippen molar-refractivity contribution in [3.63, 3.8) is 0 Å². The molecular formula is C25H26FN7O3. The third kappa shape index (κ3) is 4.48. The molecule has 3 heterocycles. The van der Waals surface area contributed by atoms with Gasteiger partial charge in [-0.1, -0.05) is 6.07 Å². The molecule has 186 valence electrons. The second-order valence-electron chi connectivity index (χ2n) is 8.41. The number of halogens is 1. The maximum absolute atomic E-state index is 14.3. The number of methoxy groups -OCH3 is 1. The molecule has 1 aliphatic heterocycles. The van der Waals surface area contributed by atoms with Gasteiger partial charge in [0.25, 0.3) is 5.91 Å². The largest absolute Gasteiger partial charge is 0.494 e. The Morgan fingerprint density at radius 2 is 2.08 bits per heavy atom. The van der Waals surface area contributed by atoms with Crippen LogP contribution in [0.4, 0.5) is 33.2 Å². The van der Waals surface area contributed by atoms with Crippen molar-refractivity contribution in [2.24, 2.45) is 5.73 Å². The summed E-state index contributed by atoms with van der Waals surface area (Å²) < 4.78 is 25.5. The van der Waals surface area contributed by atoms with E-state index in [0.717, 1.165) is 12.2 Å². The number of H-pyrrole nitrogens is 1. The summed E-state index contributed by atoms with van der Waals surface area (Å²) in [4.78, 5) is 26.3. The van der Waals surface area contributed by atoms with Crippen molar-refractivity contribution in [1.29, 1.82) is 0 Å². The Labute approximate surface area is 206 Å². The van der Waals surface area contributed by atoms with Crippen LogP contribution in [0.1, 0.15) is 17.3 Å². The first-order valence-electron chi connectivity index (χ1n) is 11.4. The van der Waals surface area contributed by atoms with Crippen molar-refractivity contribution in [3.05, 3.63) is 60.0 Å². The van der Waals surface area contributed by atoms with E-state index >= 15 is 0 Å². The number of carbonyl (C=O) groups excluding carboxylic acids is 1. The molecule has 0 aliphatic carbocycles. The number of primary amides is 1. The zero-order valence-electron chi connectivity index (χ0n) is 19.8. The molecule has 2 aromatic carbocycles. The minimum absolute atomic E-state index is 0.205. The summed E-state index contributed by atoms with van der Waals surface area (Å²) in [7, 11) is 1.60. The summed E-state index contributed by atoms with van der Waals surface area (Å²) in [6, 6.07) is 12.1. The smallest absolute Gasteiger partial charge is 0.253 e. The zero-order chi connectivity index (χ0) is 25.2. The molecule has 0 unspecified atom stereocenters. The van der Waals surface area contributed by atoms with Crippen LogP contribution in [0.2, 0.25) is 0 Å². The van der Waals surface area contributed by atoms with Gasteiger partial charge in [-0.25, -0.2) is 4.39 Å². The molecule has 0 spiro atoms. The Kier molecular flexibility index (Phi) is 6.30. The highest BCUT2D eigenvalue weighted by Gasteiger charge is 2.21. The number of aromatic amines is 1. The molecule has 1 atom stereocenters. The molecule has 0 bridgehead atoms. The molecular weight excluding hydrogens is 465 g/mol. The molecule has 5 rings (SSSR count). The summed E-state index contributed by atoms with van der Waals surface area (Å²) in [6.07, 6.45) is 1.72. The van der Waals surface area contributed by atoms with Crippen LogP contribution in [-0.4, -0.2) is 53.8 Å². The Morgan fingerprint density at radius 3 is 2.86 bits per heavy atom. The van der Waals surface area contributed by atoms with Gasteiger partial charge in [-0.05, 0) is 37.3 Å². The Morgan fingerprint density at radius 1 is 1.22 bits per heavy atom. The molecule has 0 saturated carbocycles. The quantitative estimate of drug-likeness (QED) is 0.306. The number of nitrogens with one attached hydrogen (secondary N) is 3. The van der Waals surface area contributed by atoms with Gasteiger partial charge in [0.05, 0.1) is 42.6 Å². The molecule has 36 heavy (non-hydrogen) atoms. The molecule has 11 heteroatoms. The van der Waals surface area contributed by atoms with Gasteiger partial charge >= 0.3 is 0 Å². The Balaban J connectivity index is 1.48. The fourth-order valence-electron chi connectivity index (χ4n) is 4.29. The number of aromatic nitrogens is 3. The number of hydrogen-bond donors (Lipinski definition) is 4. The predicted molar refractivity (Wildman–Crippen MR) is 136 cm³/mol. The van der Waals surface area contributed by atoms with Crippen molar-refractivity contribution in [2.75, 3.05) is 42.4 Å². The van der Waals surface area contributed by atoms with Gasteiger partial charge in [0.2, 0.25) is 5.95 Å². The number of nitrogens with zero attached hydrogens (tertiary/aromatic N) is 3. The SMILES string of the molecule is COc1cc(N2CCOC[C@@H]2C)ccc1Nc1nc(Nc2cccc(F)c2C(N)=O)c2cc[nH]c2n1. The van der Waals surface area contributed by atoms with E-state index in [0.29, 0.717) is 41.5 Å². The standard InChI is InChI=1S/C25H26FN7O3/c1-14-13-36-11-10-33(14)15-6-7-18(20(12-15)35-2)30-25-31-23-16(8-9-28-23)24(32-25)29-19-5-3-4-17(26)21(19)22(27)34/h3-9,12,14H,10-11,13H2,1-2H3,(H2,27,34)(H3,28,29,30,31,32)/t14-/m0/s1. The van der Waals surface area contributed by atoms with E-state index < -0.39 is 11.7 Å². The van der Waals surface area contributed by atoms with Crippen LogP contribution in [0, 0.1) is 5.82 Å². The fraction of sp³-hybridized carbons (Fsp3) is 0.240. The number of nitrogens with two attached hydrogens (primary N) is 1. The van der Waals surface area contributed by atoms with Crippen LogP contribution < -0.4 is 26.0 Å². The minimum Gasteiger partial charge on any atom is -0.494 e. The Bertz CT molecular complexity index is 1420. The second kappa shape index (κ2) is 9.70. The number of fused-ring (bicyclic) bond motifs is 1. The second-order valence-corrected chi connectivity index (χ2v) is 8.41. The first-order chi connectivity index (χ1) is 17.4. The number of rotatable bonds is 7. The molecule has 0 radical (unpaired) electrons. The first kappa shape index (κ1) is 23.4. The van der Waals surface area contributed by atoms with Crippen LogP contribution >= 0.6 is 0 Å². The van der Waals surface area contributed by atoms with Crippen molar-refractivity contribution in [2.45, 2.75) is 13.0 Å². The van der Waals surface area contributed by atoms with E-state index in [-0.39, 0.29) is 23.2 Å². The topological polar surface area (TPSA) is 130 Å². The lowest BCUT2D eigenvalue weighted by Gasteiger charge is -2.35. The molecule has 1 amide bonds. The number of benzene rings is 2. The van der Waals surface area contributed by atoms with Gasteiger partial charge in [0.1, 0.15) is 23.0 Å². The maximum Gasteiger partial charge on any atom is 0.253 e. The average molecular weight is 492 g/mol. The number of ether oxygens (including phenoxy) is 2. The maximum atomic E-state index is 14.3. The monoisotopic (exact) mass is 491 g/mol. The summed E-state index contributed by atoms with van der Waals surface area (Å²) >= 11 is 0. The van der Waals surface area contributed by atoms with E-state index in [1.54, 1.807) is 25.4 Å². The van der Waals surface area contributed by atoms with Gasteiger partial charge in [-0.3, -0.25) is 4.79 Å². The summed E-state index contributed by atoms with van der Waals surface area (Å²) in [5.74, 6) is -0.334. The third-order valence-electron chi connectivity index (χ3n) is 6.06. The Hall–Kier alpha value is -4.38. The van der Waals surface area contributed by atoms with Gasteiger partial charge in [0, 0.05) is 30.5 Å². The van der Waals surface area contributed by atoms with Crippen LogP contribution in [0.15, 0.2) is 48.7 Å². The number of amides is 1. The molecule has 5 N–H and O–H groups in total. The van der Waals surface area contributed by atoms with E-state index in [1.807, 2.05) is 18.2 Å². The van der Waals surface area contributed by atoms with Crippen LogP contribution in [-0.2, 0) is 4.74 Å². The van der Waals surface area contributed by atoms with Gasteiger partial charge in [0.15, 0.2) is 0 Å². The van der Waals surface area contributed by atoms with Crippen molar-refractivity contribution in [3.8, 4) is 5.75 Å². The van der Waals surface area contributed by atoms with Crippen LogP contribution in [0.5, 0.6) is 5.75 Å². The lowest BCUT2D eigenvalue weighted by atomic mass is 10.1. The van der Waals surface area contributed by atoms with Gasteiger partial charge < -0.3 is 35.7 Å². The minimum atomic E-state index is -0.882. The highest BCUT2D eigenvalue weighted by molar-refractivity contribution is 6.01. The van der Waals surface area contributed by atoms with Crippen molar-refractivity contribution in [1.82, 2.24) is 15.0 Å². The highest BCUT2D eigenvalue weighted by Crippen LogP contribution is 2.34. The predicted octanol–water partition coefficient (Wildman–Crippen LogP) is 3.92. The lowest BCUT2D eigenvalue weighted by Crippen LogP contribution is -2.43. The fourth-order valence-corrected chi connectivity index (χ4v) is 4.29. The van der Waals surface area contributed by atoms with Crippen molar-refractivity contribution >= 4 is 45.8 Å².